The van der Waals surface area contributed by atoms with E-state index in [2.05, 4.69) is 20.4 Å². The Hall–Kier alpha value is -0.300. The number of nitrogens with two attached hydrogens (primary N) is 1. The largest absolute Gasteiger partial charge is 0.330 e. The number of hydrogen-bond donors (Lipinski definition) is 1. The molecule has 1 rings (SSSR count). The standard InChI is InChI=1S/C12H23N/c1-10(6-8-13)11-5-4-7-12(2,3)9-11/h11H,1,4-9,13H2,2-3H3. The molecule has 1 nitrogen and oxygen atoms in total. The summed E-state index contributed by atoms with van der Waals surface area (Å²) in [6.45, 7) is 9.65. The van der Waals surface area contributed by atoms with Crippen LogP contribution in [0.4, 0.5) is 0 Å². The zero-order valence-corrected chi connectivity index (χ0v) is 9.10. The van der Waals surface area contributed by atoms with Gasteiger partial charge in [0.15, 0.2) is 0 Å². The normalized spacial score (nSPS) is 27.2. The van der Waals surface area contributed by atoms with Crippen LogP contribution in [0.15, 0.2) is 12.2 Å². The van der Waals surface area contributed by atoms with E-state index in [0.717, 1.165) is 18.9 Å². The zero-order valence-electron chi connectivity index (χ0n) is 9.10. The average molecular weight is 181 g/mol. The van der Waals surface area contributed by atoms with Crippen LogP contribution in [0, 0.1) is 11.3 Å². The first-order valence-corrected chi connectivity index (χ1v) is 5.43. The second kappa shape index (κ2) is 4.28. The Morgan fingerprint density at radius 1 is 1.54 bits per heavy atom. The molecule has 0 bridgehead atoms. The van der Waals surface area contributed by atoms with Crippen LogP contribution in [0.2, 0.25) is 0 Å². The van der Waals surface area contributed by atoms with Gasteiger partial charge in [-0.05, 0) is 43.6 Å². The summed E-state index contributed by atoms with van der Waals surface area (Å²) < 4.78 is 0. The van der Waals surface area contributed by atoms with E-state index in [0.29, 0.717) is 5.41 Å². The Kier molecular flexibility index (Phi) is 3.55. The van der Waals surface area contributed by atoms with Crippen molar-refractivity contribution in [3.63, 3.8) is 0 Å². The zero-order chi connectivity index (χ0) is 9.90. The maximum atomic E-state index is 5.54. The molecule has 0 saturated heterocycles. The van der Waals surface area contributed by atoms with E-state index in [9.17, 15) is 0 Å². The quantitative estimate of drug-likeness (QED) is 0.665. The molecule has 0 amide bonds. The van der Waals surface area contributed by atoms with Gasteiger partial charge in [-0.25, -0.2) is 0 Å². The second-order valence-electron chi connectivity index (χ2n) is 5.15. The fourth-order valence-corrected chi connectivity index (χ4v) is 2.44. The van der Waals surface area contributed by atoms with Crippen molar-refractivity contribution in [3.8, 4) is 0 Å². The van der Waals surface area contributed by atoms with Crippen molar-refractivity contribution < 1.29 is 0 Å². The molecule has 0 radical (unpaired) electrons. The van der Waals surface area contributed by atoms with Crippen molar-refractivity contribution in [1.29, 1.82) is 0 Å². The summed E-state index contributed by atoms with van der Waals surface area (Å²) >= 11 is 0. The van der Waals surface area contributed by atoms with Crippen LogP contribution >= 0.6 is 0 Å². The second-order valence-corrected chi connectivity index (χ2v) is 5.15. The highest BCUT2D eigenvalue weighted by molar-refractivity contribution is 5.03. The van der Waals surface area contributed by atoms with Crippen molar-refractivity contribution >= 4 is 0 Å². The Morgan fingerprint density at radius 3 is 2.77 bits per heavy atom. The molecule has 0 spiro atoms. The molecule has 0 aromatic rings. The lowest BCUT2D eigenvalue weighted by atomic mass is 9.70. The lowest BCUT2D eigenvalue weighted by Gasteiger charge is -2.36. The fourth-order valence-electron chi connectivity index (χ4n) is 2.44. The summed E-state index contributed by atoms with van der Waals surface area (Å²) in [4.78, 5) is 0. The van der Waals surface area contributed by atoms with Crippen molar-refractivity contribution in [1.82, 2.24) is 0 Å². The molecule has 76 valence electrons. The van der Waals surface area contributed by atoms with Gasteiger partial charge in [0.1, 0.15) is 0 Å². The molecule has 1 aliphatic rings. The van der Waals surface area contributed by atoms with Gasteiger partial charge in [-0.15, -0.1) is 0 Å². The van der Waals surface area contributed by atoms with Crippen LogP contribution < -0.4 is 5.73 Å². The number of hydrogen-bond acceptors (Lipinski definition) is 1. The fraction of sp³-hybridized carbons (Fsp3) is 0.833. The third-order valence-corrected chi connectivity index (χ3v) is 3.25. The average Bonchev–Trinajstić information content (AvgIpc) is 2.03. The minimum Gasteiger partial charge on any atom is -0.330 e. The van der Waals surface area contributed by atoms with Gasteiger partial charge in [-0.1, -0.05) is 32.4 Å². The van der Waals surface area contributed by atoms with Crippen LogP contribution in [0.3, 0.4) is 0 Å². The monoisotopic (exact) mass is 181 g/mol. The maximum absolute atomic E-state index is 5.54. The van der Waals surface area contributed by atoms with Crippen molar-refractivity contribution in [3.05, 3.63) is 12.2 Å². The van der Waals surface area contributed by atoms with Gasteiger partial charge in [0.2, 0.25) is 0 Å². The summed E-state index contributed by atoms with van der Waals surface area (Å²) in [6.07, 6.45) is 6.40. The van der Waals surface area contributed by atoms with E-state index in [-0.39, 0.29) is 0 Å². The summed E-state index contributed by atoms with van der Waals surface area (Å²) in [6, 6.07) is 0. The first-order chi connectivity index (χ1) is 6.05. The SMILES string of the molecule is C=C(CCN)C1CCCC(C)(C)C1. The van der Waals surface area contributed by atoms with E-state index in [1.54, 1.807) is 0 Å². The van der Waals surface area contributed by atoms with Gasteiger partial charge in [-0.2, -0.15) is 0 Å². The first-order valence-electron chi connectivity index (χ1n) is 5.43. The van der Waals surface area contributed by atoms with Crippen molar-refractivity contribution in [2.45, 2.75) is 46.0 Å². The van der Waals surface area contributed by atoms with Gasteiger partial charge < -0.3 is 5.73 Å². The Labute approximate surface area is 82.4 Å². The summed E-state index contributed by atoms with van der Waals surface area (Å²) in [5.74, 6) is 0.743. The first kappa shape index (κ1) is 10.8. The van der Waals surface area contributed by atoms with Gasteiger partial charge >= 0.3 is 0 Å². The Morgan fingerprint density at radius 2 is 2.23 bits per heavy atom. The molecule has 1 atom stereocenters. The molecule has 1 aliphatic carbocycles. The van der Waals surface area contributed by atoms with E-state index in [4.69, 9.17) is 5.73 Å². The molecule has 0 heterocycles. The van der Waals surface area contributed by atoms with Crippen molar-refractivity contribution in [2.24, 2.45) is 17.1 Å². The van der Waals surface area contributed by atoms with E-state index >= 15 is 0 Å². The van der Waals surface area contributed by atoms with Crippen LogP contribution in [0.1, 0.15) is 46.0 Å². The molecule has 0 aromatic heterocycles. The van der Waals surface area contributed by atoms with Crippen LogP contribution in [-0.4, -0.2) is 6.54 Å². The molecule has 1 fully saturated rings. The molecule has 1 saturated carbocycles. The summed E-state index contributed by atoms with van der Waals surface area (Å²) in [5, 5.41) is 0. The highest BCUT2D eigenvalue weighted by Crippen LogP contribution is 2.41. The van der Waals surface area contributed by atoms with Crippen LogP contribution in [-0.2, 0) is 0 Å². The predicted octanol–water partition coefficient (Wildman–Crippen LogP) is 3.11. The van der Waals surface area contributed by atoms with E-state index in [1.165, 1.54) is 31.3 Å². The van der Waals surface area contributed by atoms with Crippen LogP contribution in [0.5, 0.6) is 0 Å². The topological polar surface area (TPSA) is 26.0 Å². The summed E-state index contributed by atoms with van der Waals surface area (Å²) in [7, 11) is 0. The van der Waals surface area contributed by atoms with Gasteiger partial charge in [0.05, 0.1) is 0 Å². The van der Waals surface area contributed by atoms with E-state index in [1.807, 2.05) is 0 Å². The minimum absolute atomic E-state index is 0.528. The highest BCUT2D eigenvalue weighted by atomic mass is 14.5. The lowest BCUT2D eigenvalue weighted by molar-refractivity contribution is 0.198. The smallest absolute Gasteiger partial charge is 0.00399 e. The van der Waals surface area contributed by atoms with Gasteiger partial charge in [0.25, 0.3) is 0 Å². The Bertz CT molecular complexity index is 182. The third kappa shape index (κ3) is 3.15. The minimum atomic E-state index is 0.528. The molecule has 1 unspecified atom stereocenters. The molecule has 0 aliphatic heterocycles. The molecular weight excluding hydrogens is 158 g/mol. The summed E-state index contributed by atoms with van der Waals surface area (Å²) in [5.41, 5.74) is 7.46. The predicted molar refractivity (Wildman–Crippen MR) is 58.6 cm³/mol. The third-order valence-electron chi connectivity index (χ3n) is 3.25. The molecule has 13 heavy (non-hydrogen) atoms. The van der Waals surface area contributed by atoms with Gasteiger partial charge in [0, 0.05) is 0 Å². The molecule has 1 heteroatoms. The number of rotatable bonds is 3. The lowest BCUT2D eigenvalue weighted by Crippen LogP contribution is -2.24. The molecular formula is C12H23N. The Balaban J connectivity index is 2.47. The maximum Gasteiger partial charge on any atom is -0.00399 e. The molecule has 0 aromatic carbocycles. The van der Waals surface area contributed by atoms with Crippen molar-refractivity contribution in [2.75, 3.05) is 6.54 Å². The van der Waals surface area contributed by atoms with Gasteiger partial charge in [-0.3, -0.25) is 0 Å². The van der Waals surface area contributed by atoms with Crippen LogP contribution in [0.25, 0.3) is 0 Å². The molecule has 2 N–H and O–H groups in total. The van der Waals surface area contributed by atoms with E-state index < -0.39 is 0 Å². The highest BCUT2D eigenvalue weighted by Gasteiger charge is 2.28.